The maximum atomic E-state index is 5.88. The lowest BCUT2D eigenvalue weighted by atomic mass is 9.97. The Labute approximate surface area is 98.6 Å². The van der Waals surface area contributed by atoms with Gasteiger partial charge in [-0.1, -0.05) is 12.2 Å². The number of piperidine rings is 1. The fraction of sp³-hybridized carbons (Fsp3) is 0.846. The van der Waals surface area contributed by atoms with Gasteiger partial charge in [0.2, 0.25) is 0 Å². The number of likely N-dealkylation sites (tertiary alicyclic amines) is 1. The summed E-state index contributed by atoms with van der Waals surface area (Å²) in [5.41, 5.74) is 5.88. The molecule has 0 aromatic carbocycles. The molecule has 16 heavy (non-hydrogen) atoms. The fourth-order valence-electron chi connectivity index (χ4n) is 2.96. The van der Waals surface area contributed by atoms with Crippen LogP contribution in [-0.4, -0.2) is 44.3 Å². The van der Waals surface area contributed by atoms with E-state index in [0.29, 0.717) is 12.0 Å². The summed E-state index contributed by atoms with van der Waals surface area (Å²) in [6.07, 6.45) is 8.22. The highest BCUT2D eigenvalue weighted by Gasteiger charge is 2.23. The molecule has 0 aromatic heterocycles. The van der Waals surface area contributed by atoms with E-state index in [-0.39, 0.29) is 0 Å². The molecule has 0 amide bonds. The number of hydrogen-bond acceptors (Lipinski definition) is 3. The first-order chi connectivity index (χ1) is 7.78. The number of ether oxygens (including phenoxy) is 1. The zero-order valence-corrected chi connectivity index (χ0v) is 10.3. The molecular weight excluding hydrogens is 200 g/mol. The van der Waals surface area contributed by atoms with Crippen LogP contribution in [-0.2, 0) is 4.74 Å². The number of methoxy groups -OCH3 is 1. The predicted molar refractivity (Wildman–Crippen MR) is 66.3 cm³/mol. The molecule has 1 heterocycles. The highest BCUT2D eigenvalue weighted by molar-refractivity contribution is 5.05. The largest absolute Gasteiger partial charge is 0.384 e. The molecule has 1 saturated heterocycles. The van der Waals surface area contributed by atoms with Gasteiger partial charge >= 0.3 is 0 Å². The van der Waals surface area contributed by atoms with Crippen molar-refractivity contribution >= 4 is 0 Å². The van der Waals surface area contributed by atoms with Crippen molar-refractivity contribution in [3.63, 3.8) is 0 Å². The molecule has 3 nitrogen and oxygen atoms in total. The second-order valence-corrected chi connectivity index (χ2v) is 5.27. The van der Waals surface area contributed by atoms with E-state index in [1.165, 1.54) is 32.5 Å². The van der Waals surface area contributed by atoms with Crippen LogP contribution in [0.15, 0.2) is 12.2 Å². The predicted octanol–water partition coefficient (Wildman–Crippen LogP) is 1.25. The molecular formula is C13H24N2O. The van der Waals surface area contributed by atoms with E-state index in [2.05, 4.69) is 17.1 Å². The van der Waals surface area contributed by atoms with Gasteiger partial charge in [0.25, 0.3) is 0 Å². The second kappa shape index (κ2) is 5.80. The van der Waals surface area contributed by atoms with E-state index in [9.17, 15) is 0 Å². The standard InChI is InChI=1S/C13H24N2O/c1-16-10-12-3-2-6-15(9-12)8-11-4-5-13(14)7-11/h4-5,11-13H,2-3,6-10,14H2,1H3. The molecule has 0 radical (unpaired) electrons. The Morgan fingerprint density at radius 2 is 2.31 bits per heavy atom. The van der Waals surface area contributed by atoms with Gasteiger partial charge in [-0.3, -0.25) is 0 Å². The Bertz CT molecular complexity index is 240. The average Bonchev–Trinajstić information content (AvgIpc) is 2.65. The summed E-state index contributed by atoms with van der Waals surface area (Å²) in [4.78, 5) is 2.58. The van der Waals surface area contributed by atoms with Gasteiger partial charge < -0.3 is 15.4 Å². The Morgan fingerprint density at radius 1 is 1.44 bits per heavy atom. The van der Waals surface area contributed by atoms with Crippen LogP contribution in [0, 0.1) is 11.8 Å². The Balaban J connectivity index is 1.75. The summed E-state index contributed by atoms with van der Waals surface area (Å²) in [7, 11) is 1.80. The van der Waals surface area contributed by atoms with Gasteiger partial charge in [0.1, 0.15) is 0 Å². The summed E-state index contributed by atoms with van der Waals surface area (Å²) in [6.45, 7) is 4.55. The molecule has 0 spiro atoms. The molecule has 0 saturated carbocycles. The normalized spacial score (nSPS) is 35.8. The van der Waals surface area contributed by atoms with Gasteiger partial charge in [0, 0.05) is 26.2 Å². The van der Waals surface area contributed by atoms with Crippen molar-refractivity contribution in [1.82, 2.24) is 4.90 Å². The molecule has 2 N–H and O–H groups in total. The highest BCUT2D eigenvalue weighted by atomic mass is 16.5. The van der Waals surface area contributed by atoms with Gasteiger partial charge in [0.15, 0.2) is 0 Å². The summed E-state index contributed by atoms with van der Waals surface area (Å²) < 4.78 is 5.26. The molecule has 1 aliphatic heterocycles. The molecule has 3 heteroatoms. The van der Waals surface area contributed by atoms with Crippen molar-refractivity contribution < 1.29 is 4.74 Å². The third-order valence-corrected chi connectivity index (χ3v) is 3.70. The van der Waals surface area contributed by atoms with E-state index in [4.69, 9.17) is 10.5 Å². The van der Waals surface area contributed by atoms with E-state index in [1.54, 1.807) is 7.11 Å². The average molecular weight is 224 g/mol. The van der Waals surface area contributed by atoms with Crippen molar-refractivity contribution in [3.05, 3.63) is 12.2 Å². The van der Waals surface area contributed by atoms with Crippen LogP contribution in [0.4, 0.5) is 0 Å². The minimum atomic E-state index is 0.296. The van der Waals surface area contributed by atoms with E-state index < -0.39 is 0 Å². The third-order valence-electron chi connectivity index (χ3n) is 3.70. The van der Waals surface area contributed by atoms with Crippen LogP contribution in [0.3, 0.4) is 0 Å². The first-order valence-electron chi connectivity index (χ1n) is 6.43. The number of nitrogens with two attached hydrogens (primary N) is 1. The summed E-state index contributed by atoms with van der Waals surface area (Å²) >= 11 is 0. The number of rotatable bonds is 4. The maximum Gasteiger partial charge on any atom is 0.0502 e. The van der Waals surface area contributed by atoms with E-state index in [1.807, 2.05) is 0 Å². The zero-order valence-electron chi connectivity index (χ0n) is 10.3. The Hall–Kier alpha value is -0.380. The van der Waals surface area contributed by atoms with Crippen LogP contribution >= 0.6 is 0 Å². The molecule has 0 aromatic rings. The van der Waals surface area contributed by atoms with Gasteiger partial charge in [-0.15, -0.1) is 0 Å². The molecule has 0 bridgehead atoms. The Kier molecular flexibility index (Phi) is 4.38. The first-order valence-corrected chi connectivity index (χ1v) is 6.43. The lowest BCUT2D eigenvalue weighted by molar-refractivity contribution is 0.0856. The molecule has 2 rings (SSSR count). The van der Waals surface area contributed by atoms with Crippen LogP contribution < -0.4 is 5.73 Å². The number of hydrogen-bond donors (Lipinski definition) is 1. The molecule has 3 atom stereocenters. The van der Waals surface area contributed by atoms with Gasteiger partial charge in [-0.25, -0.2) is 0 Å². The van der Waals surface area contributed by atoms with Gasteiger partial charge in [-0.2, -0.15) is 0 Å². The van der Waals surface area contributed by atoms with Crippen molar-refractivity contribution in [1.29, 1.82) is 0 Å². The summed E-state index contributed by atoms with van der Waals surface area (Å²) in [5, 5.41) is 0. The van der Waals surface area contributed by atoms with Gasteiger partial charge in [-0.05, 0) is 37.6 Å². The second-order valence-electron chi connectivity index (χ2n) is 5.27. The highest BCUT2D eigenvalue weighted by Crippen LogP contribution is 2.22. The van der Waals surface area contributed by atoms with Crippen LogP contribution in [0.2, 0.25) is 0 Å². The molecule has 2 aliphatic rings. The molecule has 1 aliphatic carbocycles. The monoisotopic (exact) mass is 224 g/mol. The van der Waals surface area contributed by atoms with E-state index in [0.717, 1.165) is 18.9 Å². The first kappa shape index (κ1) is 12.1. The van der Waals surface area contributed by atoms with Gasteiger partial charge in [0.05, 0.1) is 6.61 Å². The van der Waals surface area contributed by atoms with Crippen molar-refractivity contribution in [3.8, 4) is 0 Å². The molecule has 3 unspecified atom stereocenters. The lowest BCUT2D eigenvalue weighted by Crippen LogP contribution is -2.39. The van der Waals surface area contributed by atoms with Crippen LogP contribution in [0.1, 0.15) is 19.3 Å². The smallest absolute Gasteiger partial charge is 0.0502 e. The minimum Gasteiger partial charge on any atom is -0.384 e. The van der Waals surface area contributed by atoms with Crippen LogP contribution in [0.25, 0.3) is 0 Å². The lowest BCUT2D eigenvalue weighted by Gasteiger charge is -2.33. The number of nitrogens with zero attached hydrogens (tertiary/aromatic N) is 1. The van der Waals surface area contributed by atoms with Crippen molar-refractivity contribution in [2.24, 2.45) is 17.6 Å². The Morgan fingerprint density at radius 3 is 3.00 bits per heavy atom. The van der Waals surface area contributed by atoms with E-state index >= 15 is 0 Å². The SMILES string of the molecule is COCC1CCCN(CC2C=CC(N)C2)C1. The zero-order chi connectivity index (χ0) is 11.4. The van der Waals surface area contributed by atoms with Crippen molar-refractivity contribution in [2.75, 3.05) is 33.4 Å². The molecule has 1 fully saturated rings. The molecule has 92 valence electrons. The maximum absolute atomic E-state index is 5.88. The quantitative estimate of drug-likeness (QED) is 0.730. The summed E-state index contributed by atoms with van der Waals surface area (Å²) in [6, 6.07) is 0.296. The third kappa shape index (κ3) is 3.30. The minimum absolute atomic E-state index is 0.296. The topological polar surface area (TPSA) is 38.5 Å². The fourth-order valence-corrected chi connectivity index (χ4v) is 2.96. The van der Waals surface area contributed by atoms with Crippen molar-refractivity contribution in [2.45, 2.75) is 25.3 Å². The van der Waals surface area contributed by atoms with Crippen LogP contribution in [0.5, 0.6) is 0 Å². The summed E-state index contributed by atoms with van der Waals surface area (Å²) in [5.74, 6) is 1.41.